The number of carbonyl (C=O) groups excluding carboxylic acids is 5. The number of hydrogen-bond acceptors (Lipinski definition) is 11. The summed E-state index contributed by atoms with van der Waals surface area (Å²) in [6, 6.07) is 11.6. The molecule has 4 aromatic rings. The Kier molecular flexibility index (Phi) is 18.9. The molecular formula is C48H67N11O9. The van der Waals surface area contributed by atoms with Crippen molar-refractivity contribution in [3.8, 4) is 0 Å². The SMILES string of the molecule is NCCC[C@@H](CC(=O)N[C@@H]1CCNC[C@H]1C(=O)N[C@H](CC(=O)N[C@@H](CCC(=O)O)CC(=O)O)Cc1c[nH]c2ccccc12)NC(=O)C[C@H](Cc1c[nH]c2ccccc12)NC(=O)[C@@H]1CNCC[C@H]1N. The Morgan fingerprint density at radius 2 is 1.13 bits per heavy atom. The maximum absolute atomic E-state index is 14.2. The number of hydrogen-bond donors (Lipinski definition) is 13. The molecule has 368 valence electrons. The van der Waals surface area contributed by atoms with Crippen LogP contribution in [-0.2, 0) is 46.4 Å². The highest BCUT2D eigenvalue weighted by molar-refractivity contribution is 5.87. The van der Waals surface area contributed by atoms with Crippen LogP contribution in [0.4, 0.5) is 0 Å². The first-order valence-electron chi connectivity index (χ1n) is 23.7. The van der Waals surface area contributed by atoms with E-state index in [0.29, 0.717) is 51.7 Å². The molecule has 0 aliphatic carbocycles. The van der Waals surface area contributed by atoms with E-state index in [1.54, 1.807) is 6.20 Å². The second-order valence-corrected chi connectivity index (χ2v) is 18.2. The molecule has 0 bridgehead atoms. The van der Waals surface area contributed by atoms with Crippen molar-refractivity contribution < 1.29 is 43.8 Å². The van der Waals surface area contributed by atoms with Gasteiger partial charge in [0.2, 0.25) is 29.5 Å². The number of carboxylic acid groups (broad SMARTS) is 2. The van der Waals surface area contributed by atoms with Gasteiger partial charge < -0.3 is 68.9 Å². The average molecular weight is 942 g/mol. The first kappa shape index (κ1) is 51.0. The summed E-state index contributed by atoms with van der Waals surface area (Å²) in [7, 11) is 0. The van der Waals surface area contributed by atoms with E-state index in [9.17, 15) is 43.8 Å². The van der Waals surface area contributed by atoms with Gasteiger partial charge in [0.1, 0.15) is 0 Å². The first-order chi connectivity index (χ1) is 32.8. The first-order valence-corrected chi connectivity index (χ1v) is 23.7. The number of piperidine rings is 2. The van der Waals surface area contributed by atoms with E-state index in [2.05, 4.69) is 47.2 Å². The summed E-state index contributed by atoms with van der Waals surface area (Å²) in [5, 5.41) is 41.8. The molecule has 0 unspecified atom stereocenters. The topological polar surface area (TPSA) is 328 Å². The summed E-state index contributed by atoms with van der Waals surface area (Å²) in [5.74, 6) is -5.43. The van der Waals surface area contributed by atoms with Crippen molar-refractivity contribution in [2.24, 2.45) is 23.3 Å². The van der Waals surface area contributed by atoms with Crippen molar-refractivity contribution in [1.82, 2.24) is 47.2 Å². The average Bonchev–Trinajstić information content (AvgIpc) is 3.90. The van der Waals surface area contributed by atoms with E-state index in [0.717, 1.165) is 39.5 Å². The van der Waals surface area contributed by atoms with Gasteiger partial charge in [0.25, 0.3) is 0 Å². The molecule has 0 radical (unpaired) electrons. The number of aromatic nitrogens is 2. The summed E-state index contributed by atoms with van der Waals surface area (Å²) in [6.07, 6.45) is 5.04. The van der Waals surface area contributed by atoms with Gasteiger partial charge in [0, 0.05) is 109 Å². The Labute approximate surface area is 394 Å². The molecule has 2 fully saturated rings. The maximum atomic E-state index is 14.2. The minimum atomic E-state index is -1.19. The van der Waals surface area contributed by atoms with Crippen molar-refractivity contribution in [2.75, 3.05) is 32.7 Å². The molecule has 2 aromatic carbocycles. The lowest BCUT2D eigenvalue weighted by atomic mass is 9.91. The van der Waals surface area contributed by atoms with Gasteiger partial charge in [-0.25, -0.2) is 0 Å². The Bertz CT molecular complexity index is 2370. The van der Waals surface area contributed by atoms with Crippen molar-refractivity contribution in [3.63, 3.8) is 0 Å². The third-order valence-corrected chi connectivity index (χ3v) is 12.9. The predicted molar refractivity (Wildman–Crippen MR) is 255 cm³/mol. The minimum absolute atomic E-state index is 0.0573. The number of carboxylic acids is 2. The van der Waals surface area contributed by atoms with Gasteiger partial charge in [-0.05, 0) is 87.8 Å². The third-order valence-electron chi connectivity index (χ3n) is 12.9. The van der Waals surface area contributed by atoms with Crippen LogP contribution in [0.3, 0.4) is 0 Å². The maximum Gasteiger partial charge on any atom is 0.305 e. The summed E-state index contributed by atoms with van der Waals surface area (Å²) in [5.41, 5.74) is 15.8. The van der Waals surface area contributed by atoms with Crippen molar-refractivity contribution in [3.05, 3.63) is 72.1 Å². The molecule has 2 aliphatic rings. The normalized spacial score (nSPS) is 20.1. The Balaban J connectivity index is 1.11. The smallest absolute Gasteiger partial charge is 0.305 e. The van der Waals surface area contributed by atoms with Crippen LogP contribution in [0, 0.1) is 11.8 Å². The van der Waals surface area contributed by atoms with Gasteiger partial charge >= 0.3 is 11.9 Å². The molecule has 20 nitrogen and oxygen atoms in total. The number of aliphatic carboxylic acids is 2. The number of H-pyrrole nitrogens is 2. The van der Waals surface area contributed by atoms with Crippen LogP contribution in [0.2, 0.25) is 0 Å². The van der Waals surface area contributed by atoms with Crippen LogP contribution in [0.5, 0.6) is 0 Å². The number of benzene rings is 2. The van der Waals surface area contributed by atoms with Crippen molar-refractivity contribution in [2.45, 2.75) is 113 Å². The van der Waals surface area contributed by atoms with Crippen LogP contribution in [0.15, 0.2) is 60.9 Å². The number of carbonyl (C=O) groups is 7. The second-order valence-electron chi connectivity index (χ2n) is 18.2. The Morgan fingerprint density at radius 3 is 1.68 bits per heavy atom. The zero-order chi connectivity index (χ0) is 48.6. The number of nitrogens with one attached hydrogen (secondary N) is 9. The quantitative estimate of drug-likeness (QED) is 0.0435. The van der Waals surface area contributed by atoms with Gasteiger partial charge in [0.05, 0.1) is 18.3 Å². The number of rotatable bonds is 25. The zero-order valence-corrected chi connectivity index (χ0v) is 38.3. The van der Waals surface area contributed by atoms with E-state index in [1.807, 2.05) is 54.7 Å². The fourth-order valence-electron chi connectivity index (χ4n) is 9.40. The number of nitrogens with two attached hydrogens (primary N) is 2. The van der Waals surface area contributed by atoms with Crippen LogP contribution >= 0.6 is 0 Å². The number of para-hydroxylation sites is 2. The Hall–Kier alpha value is -6.35. The van der Waals surface area contributed by atoms with Crippen molar-refractivity contribution in [1.29, 1.82) is 0 Å². The van der Waals surface area contributed by atoms with Gasteiger partial charge in [-0.2, -0.15) is 0 Å². The lowest BCUT2D eigenvalue weighted by Crippen LogP contribution is -2.57. The molecule has 8 atom stereocenters. The van der Waals surface area contributed by atoms with Crippen LogP contribution in [0.25, 0.3) is 21.8 Å². The molecule has 2 aliphatic heterocycles. The number of fused-ring (bicyclic) bond motifs is 2. The second kappa shape index (κ2) is 25.1. The zero-order valence-electron chi connectivity index (χ0n) is 38.3. The highest BCUT2D eigenvalue weighted by atomic mass is 16.4. The monoisotopic (exact) mass is 942 g/mol. The van der Waals surface area contributed by atoms with Crippen LogP contribution in [-0.4, -0.2) is 131 Å². The summed E-state index contributed by atoms with van der Waals surface area (Å²) >= 11 is 0. The molecular weight excluding hydrogens is 875 g/mol. The highest BCUT2D eigenvalue weighted by Gasteiger charge is 2.35. The Morgan fingerprint density at radius 1 is 0.618 bits per heavy atom. The molecule has 6 rings (SSSR count). The molecule has 0 saturated carbocycles. The van der Waals surface area contributed by atoms with E-state index in [1.165, 1.54) is 0 Å². The number of aromatic amines is 2. The molecule has 4 heterocycles. The lowest BCUT2D eigenvalue weighted by molar-refractivity contribution is -0.140. The molecule has 2 saturated heterocycles. The fourth-order valence-corrected chi connectivity index (χ4v) is 9.40. The molecule has 15 N–H and O–H groups in total. The van der Waals surface area contributed by atoms with E-state index < -0.39 is 72.2 Å². The van der Waals surface area contributed by atoms with Crippen LogP contribution in [0.1, 0.15) is 75.3 Å². The van der Waals surface area contributed by atoms with Gasteiger partial charge in [0.15, 0.2) is 0 Å². The van der Waals surface area contributed by atoms with E-state index >= 15 is 0 Å². The van der Waals surface area contributed by atoms with Crippen LogP contribution < -0.4 is 48.7 Å². The van der Waals surface area contributed by atoms with Crippen molar-refractivity contribution >= 4 is 63.3 Å². The molecule has 2 aromatic heterocycles. The fraction of sp³-hybridized carbons (Fsp3) is 0.521. The summed E-state index contributed by atoms with van der Waals surface area (Å²) in [6.45, 7) is 2.25. The highest BCUT2D eigenvalue weighted by Crippen LogP contribution is 2.23. The van der Waals surface area contributed by atoms with E-state index in [4.69, 9.17) is 11.5 Å². The summed E-state index contributed by atoms with van der Waals surface area (Å²) < 4.78 is 0. The standard InChI is InChI=1S/C48H67N11O9/c49-15-5-6-30(55-42(60)21-32(57-47(67)36-26-51-16-13-38(36)50)18-28-24-53-39-9-3-1-7-34(28)39)20-44(62)59-41-14-17-52-27-37(41)48(68)58-33(19-29-25-54-40-10-4-2-8-35(29)40)22-43(61)56-31(23-46(65)66)11-12-45(63)64/h1-4,7-10,24-25,30-33,36-38,41,51-54H,5-6,11-23,26-27,49-50H2,(H,55,60)(H,56,61)(H,57,67)(H,58,68)(H,59,62)(H,63,64)(H,65,66)/t30-,31-,32-,33-,36+,37+,38+,41+/m0/s1. The largest absolute Gasteiger partial charge is 0.481 e. The summed E-state index contributed by atoms with van der Waals surface area (Å²) in [4.78, 5) is 98.3. The molecule has 68 heavy (non-hydrogen) atoms. The van der Waals surface area contributed by atoms with Gasteiger partial charge in [-0.1, -0.05) is 36.4 Å². The molecule has 20 heteroatoms. The van der Waals surface area contributed by atoms with Gasteiger partial charge in [-0.3, -0.25) is 33.6 Å². The minimum Gasteiger partial charge on any atom is -0.481 e. The molecule has 5 amide bonds. The molecule has 0 spiro atoms. The number of amides is 5. The lowest BCUT2D eigenvalue weighted by Gasteiger charge is -2.33. The van der Waals surface area contributed by atoms with E-state index in [-0.39, 0.29) is 68.8 Å². The third kappa shape index (κ3) is 15.1. The van der Waals surface area contributed by atoms with Gasteiger partial charge in [-0.15, -0.1) is 0 Å². The predicted octanol–water partition coefficient (Wildman–Crippen LogP) is 0.653.